The van der Waals surface area contributed by atoms with E-state index in [1.54, 1.807) is 0 Å². The first kappa shape index (κ1) is 23.0. The van der Waals surface area contributed by atoms with Gasteiger partial charge in [0.05, 0.1) is 6.61 Å². The van der Waals surface area contributed by atoms with E-state index in [2.05, 4.69) is 0 Å². The number of ether oxygens (including phenoxy) is 7. The molecule has 32 heavy (non-hydrogen) atoms. The summed E-state index contributed by atoms with van der Waals surface area (Å²) in [6.07, 6.45) is 8.54. The lowest BCUT2D eigenvalue weighted by molar-refractivity contribution is -0.256. The van der Waals surface area contributed by atoms with Crippen LogP contribution in [0.4, 0.5) is 0 Å². The Bertz CT molecular complexity index is 676. The summed E-state index contributed by atoms with van der Waals surface area (Å²) in [5, 5.41) is 0. The SMILES string of the molecule is CC(C)(C)OC(=O)COC[C@H]1O[C@@H]2OC3(CCCCC3)O[C@@H]2[C@H]2OC3(CCCCC3)O[C@H]21. The predicted octanol–water partition coefficient (Wildman–Crippen LogP) is 3.59. The topological polar surface area (TPSA) is 81.7 Å². The molecule has 2 spiro atoms. The normalized spacial score (nSPS) is 37.9. The van der Waals surface area contributed by atoms with E-state index < -0.39 is 35.5 Å². The first-order valence-electron chi connectivity index (χ1n) is 12.4. The monoisotopic (exact) mass is 454 g/mol. The zero-order chi connectivity index (χ0) is 22.4. The van der Waals surface area contributed by atoms with Gasteiger partial charge in [0.1, 0.15) is 36.6 Å². The van der Waals surface area contributed by atoms with Crippen molar-refractivity contribution in [1.82, 2.24) is 0 Å². The summed E-state index contributed by atoms with van der Waals surface area (Å²) in [6, 6.07) is 0. The van der Waals surface area contributed by atoms with E-state index in [4.69, 9.17) is 33.2 Å². The lowest BCUT2D eigenvalue weighted by Crippen LogP contribution is -2.56. The highest BCUT2D eigenvalue weighted by molar-refractivity contribution is 5.71. The fraction of sp³-hybridized carbons (Fsp3) is 0.958. The first-order valence-corrected chi connectivity index (χ1v) is 12.4. The van der Waals surface area contributed by atoms with Gasteiger partial charge in [0, 0.05) is 25.7 Å². The van der Waals surface area contributed by atoms with Crippen molar-refractivity contribution in [2.45, 2.75) is 133 Å². The molecule has 3 saturated heterocycles. The van der Waals surface area contributed by atoms with E-state index >= 15 is 0 Å². The van der Waals surface area contributed by atoms with Gasteiger partial charge in [-0.25, -0.2) is 4.79 Å². The fourth-order valence-corrected chi connectivity index (χ4v) is 5.80. The Labute approximate surface area is 190 Å². The Balaban J connectivity index is 1.28. The van der Waals surface area contributed by atoms with Crippen LogP contribution < -0.4 is 0 Å². The Morgan fingerprint density at radius 1 is 0.812 bits per heavy atom. The average molecular weight is 455 g/mol. The second kappa shape index (κ2) is 8.78. The minimum atomic E-state index is -0.573. The molecule has 2 saturated carbocycles. The van der Waals surface area contributed by atoms with E-state index in [9.17, 15) is 4.79 Å². The molecular weight excluding hydrogens is 416 g/mol. The number of esters is 1. The molecule has 5 atom stereocenters. The van der Waals surface area contributed by atoms with Crippen LogP contribution in [0.25, 0.3) is 0 Å². The number of carbonyl (C=O) groups excluding carboxylic acids is 1. The van der Waals surface area contributed by atoms with Gasteiger partial charge >= 0.3 is 5.97 Å². The lowest BCUT2D eigenvalue weighted by atomic mass is 9.94. The van der Waals surface area contributed by atoms with Crippen molar-refractivity contribution in [2.24, 2.45) is 0 Å². The number of fused-ring (bicyclic) bond motifs is 3. The molecule has 8 nitrogen and oxygen atoms in total. The Morgan fingerprint density at radius 2 is 1.38 bits per heavy atom. The van der Waals surface area contributed by atoms with Crippen molar-refractivity contribution in [3.8, 4) is 0 Å². The van der Waals surface area contributed by atoms with E-state index in [1.807, 2.05) is 20.8 Å². The molecule has 0 amide bonds. The van der Waals surface area contributed by atoms with E-state index in [0.29, 0.717) is 0 Å². The minimum Gasteiger partial charge on any atom is -0.458 e. The summed E-state index contributed by atoms with van der Waals surface area (Å²) in [4.78, 5) is 12.1. The summed E-state index contributed by atoms with van der Waals surface area (Å²) >= 11 is 0. The van der Waals surface area contributed by atoms with Crippen LogP contribution in [0.2, 0.25) is 0 Å². The molecule has 0 N–H and O–H groups in total. The van der Waals surface area contributed by atoms with E-state index in [-0.39, 0.29) is 31.5 Å². The fourth-order valence-electron chi connectivity index (χ4n) is 5.80. The van der Waals surface area contributed by atoms with Crippen LogP contribution in [0, 0.1) is 0 Å². The maximum atomic E-state index is 12.1. The molecule has 2 aliphatic carbocycles. The van der Waals surface area contributed by atoms with Crippen molar-refractivity contribution in [1.29, 1.82) is 0 Å². The molecule has 0 unspecified atom stereocenters. The molecule has 8 heteroatoms. The zero-order valence-corrected chi connectivity index (χ0v) is 19.6. The van der Waals surface area contributed by atoms with Crippen molar-refractivity contribution < 1.29 is 38.0 Å². The van der Waals surface area contributed by atoms with Crippen LogP contribution in [-0.2, 0) is 38.0 Å². The number of hydrogen-bond donors (Lipinski definition) is 0. The molecular formula is C24H38O8. The smallest absolute Gasteiger partial charge is 0.332 e. The Morgan fingerprint density at radius 3 is 2.00 bits per heavy atom. The van der Waals surface area contributed by atoms with Crippen molar-refractivity contribution in [3.63, 3.8) is 0 Å². The number of rotatable bonds is 4. The van der Waals surface area contributed by atoms with Gasteiger partial charge in [0.15, 0.2) is 17.9 Å². The van der Waals surface area contributed by atoms with Gasteiger partial charge in [0.2, 0.25) is 0 Å². The second-order valence-electron chi connectivity index (χ2n) is 11.0. The summed E-state index contributed by atoms with van der Waals surface area (Å²) in [5.41, 5.74) is -0.542. The van der Waals surface area contributed by atoms with Gasteiger partial charge in [-0.1, -0.05) is 12.8 Å². The number of hydrogen-bond acceptors (Lipinski definition) is 8. The molecule has 0 aromatic heterocycles. The van der Waals surface area contributed by atoms with Crippen LogP contribution in [-0.4, -0.2) is 67.1 Å². The van der Waals surface area contributed by atoms with Crippen LogP contribution in [0.15, 0.2) is 0 Å². The maximum absolute atomic E-state index is 12.1. The summed E-state index contributed by atoms with van der Waals surface area (Å²) in [6.45, 7) is 5.60. The third-order valence-corrected chi connectivity index (χ3v) is 7.13. The van der Waals surface area contributed by atoms with Crippen molar-refractivity contribution in [2.75, 3.05) is 13.2 Å². The molecule has 5 fully saturated rings. The summed E-state index contributed by atoms with van der Waals surface area (Å²) < 4.78 is 43.5. The lowest BCUT2D eigenvalue weighted by Gasteiger charge is -2.37. The summed E-state index contributed by atoms with van der Waals surface area (Å²) in [5.74, 6) is -1.53. The van der Waals surface area contributed by atoms with E-state index in [1.165, 1.54) is 12.8 Å². The van der Waals surface area contributed by atoms with Crippen molar-refractivity contribution in [3.05, 3.63) is 0 Å². The van der Waals surface area contributed by atoms with Gasteiger partial charge in [-0.15, -0.1) is 0 Å². The first-order chi connectivity index (χ1) is 15.3. The standard InChI is InChI=1S/C24H38O8/c1-22(2,3)28-17(25)15-26-14-16-18-19(30-23(29-18)10-6-4-7-11-23)20-21(27-16)32-24(31-20)12-8-5-9-13-24/h16,18-21H,4-15H2,1-3H3/t16-,18+,19+,20-,21-/m1/s1. The van der Waals surface area contributed by atoms with Crippen LogP contribution in [0.3, 0.4) is 0 Å². The van der Waals surface area contributed by atoms with Gasteiger partial charge in [0.25, 0.3) is 0 Å². The molecule has 182 valence electrons. The number of carbonyl (C=O) groups is 1. The van der Waals surface area contributed by atoms with Gasteiger partial charge in [-0.2, -0.15) is 0 Å². The Hall–Kier alpha value is -0.770. The zero-order valence-electron chi connectivity index (χ0n) is 19.6. The highest BCUT2D eigenvalue weighted by Gasteiger charge is 2.63. The highest BCUT2D eigenvalue weighted by Crippen LogP contribution is 2.50. The molecule has 3 heterocycles. The molecule has 0 radical (unpaired) electrons. The minimum absolute atomic E-state index is 0.129. The third kappa shape index (κ3) is 4.72. The van der Waals surface area contributed by atoms with Crippen LogP contribution in [0.5, 0.6) is 0 Å². The van der Waals surface area contributed by atoms with Gasteiger partial charge in [-0.05, 0) is 46.5 Å². The molecule has 3 aliphatic heterocycles. The predicted molar refractivity (Wildman–Crippen MR) is 113 cm³/mol. The van der Waals surface area contributed by atoms with Gasteiger partial charge < -0.3 is 33.2 Å². The van der Waals surface area contributed by atoms with Crippen LogP contribution >= 0.6 is 0 Å². The highest BCUT2D eigenvalue weighted by atomic mass is 16.9. The molecule has 0 bridgehead atoms. The maximum Gasteiger partial charge on any atom is 0.332 e. The third-order valence-electron chi connectivity index (χ3n) is 7.13. The van der Waals surface area contributed by atoms with Crippen LogP contribution in [0.1, 0.15) is 85.0 Å². The van der Waals surface area contributed by atoms with Crippen molar-refractivity contribution >= 4 is 5.97 Å². The average Bonchev–Trinajstić information content (AvgIpc) is 3.26. The summed E-state index contributed by atoms with van der Waals surface area (Å²) in [7, 11) is 0. The second-order valence-corrected chi connectivity index (χ2v) is 11.0. The quantitative estimate of drug-likeness (QED) is 0.596. The molecule has 0 aromatic carbocycles. The molecule has 5 aliphatic rings. The Kier molecular flexibility index (Phi) is 6.31. The van der Waals surface area contributed by atoms with E-state index in [0.717, 1.165) is 51.4 Å². The molecule has 5 rings (SSSR count). The van der Waals surface area contributed by atoms with Gasteiger partial charge in [-0.3, -0.25) is 0 Å². The molecule has 0 aromatic rings. The largest absolute Gasteiger partial charge is 0.458 e.